The Morgan fingerprint density at radius 2 is 2.14 bits per heavy atom. The minimum absolute atomic E-state index is 0.141. The molecule has 162 valence electrons. The van der Waals surface area contributed by atoms with Gasteiger partial charge < -0.3 is 25.0 Å². The van der Waals surface area contributed by atoms with E-state index in [1.54, 1.807) is 18.2 Å². The molecule has 1 atom stereocenters. The number of esters is 1. The SMILES string of the molecule is CCNC(=NCCCCC(=O)OC)NC1CCN(c2ccccc2OC(F)F)C1. The van der Waals surface area contributed by atoms with Crippen LogP contribution in [0.5, 0.6) is 5.75 Å². The molecule has 1 heterocycles. The van der Waals surface area contributed by atoms with Crippen LogP contribution in [0.15, 0.2) is 29.3 Å². The van der Waals surface area contributed by atoms with Crippen LogP contribution in [0.1, 0.15) is 32.6 Å². The van der Waals surface area contributed by atoms with Crippen LogP contribution in [0.3, 0.4) is 0 Å². The van der Waals surface area contributed by atoms with E-state index in [1.807, 2.05) is 17.9 Å². The molecule has 0 aliphatic carbocycles. The molecule has 1 saturated heterocycles. The molecular weight excluding hydrogens is 382 g/mol. The molecule has 0 amide bonds. The number of nitrogens with zero attached hydrogens (tertiary/aromatic N) is 2. The Balaban J connectivity index is 1.87. The van der Waals surface area contributed by atoms with Gasteiger partial charge in [0.15, 0.2) is 5.96 Å². The number of carbonyl (C=O) groups is 1. The van der Waals surface area contributed by atoms with E-state index in [-0.39, 0.29) is 17.8 Å². The van der Waals surface area contributed by atoms with Gasteiger partial charge in [-0.2, -0.15) is 8.78 Å². The van der Waals surface area contributed by atoms with Gasteiger partial charge in [-0.25, -0.2) is 0 Å². The van der Waals surface area contributed by atoms with Gasteiger partial charge in [0.2, 0.25) is 0 Å². The van der Waals surface area contributed by atoms with Crippen molar-refractivity contribution < 1.29 is 23.0 Å². The first-order valence-corrected chi connectivity index (χ1v) is 9.94. The van der Waals surface area contributed by atoms with Gasteiger partial charge in [-0.3, -0.25) is 9.79 Å². The maximum absolute atomic E-state index is 12.7. The second kappa shape index (κ2) is 12.1. The average molecular weight is 412 g/mol. The lowest BCUT2D eigenvalue weighted by Crippen LogP contribution is -2.44. The van der Waals surface area contributed by atoms with Crippen LogP contribution in [0.2, 0.25) is 0 Å². The maximum Gasteiger partial charge on any atom is 0.387 e. The van der Waals surface area contributed by atoms with Gasteiger partial charge in [-0.05, 0) is 38.3 Å². The quantitative estimate of drug-likeness (QED) is 0.266. The Hall–Kier alpha value is -2.58. The lowest BCUT2D eigenvalue weighted by molar-refractivity contribution is -0.140. The number of nitrogens with one attached hydrogen (secondary N) is 2. The van der Waals surface area contributed by atoms with Crippen LogP contribution in [0.4, 0.5) is 14.5 Å². The van der Waals surface area contributed by atoms with Gasteiger partial charge in [-0.1, -0.05) is 12.1 Å². The van der Waals surface area contributed by atoms with Crippen molar-refractivity contribution in [2.75, 3.05) is 38.2 Å². The number of anilines is 1. The van der Waals surface area contributed by atoms with E-state index < -0.39 is 6.61 Å². The smallest absolute Gasteiger partial charge is 0.387 e. The fourth-order valence-electron chi connectivity index (χ4n) is 3.20. The van der Waals surface area contributed by atoms with E-state index in [0.717, 1.165) is 38.3 Å². The first-order chi connectivity index (χ1) is 14.0. The van der Waals surface area contributed by atoms with E-state index in [4.69, 9.17) is 0 Å². The van der Waals surface area contributed by atoms with E-state index in [2.05, 4.69) is 25.1 Å². The Morgan fingerprint density at radius 3 is 2.86 bits per heavy atom. The Morgan fingerprint density at radius 1 is 1.34 bits per heavy atom. The number of guanidine groups is 1. The van der Waals surface area contributed by atoms with Gasteiger partial charge in [0.1, 0.15) is 5.75 Å². The zero-order chi connectivity index (χ0) is 21.1. The number of carbonyl (C=O) groups excluding carboxylic acids is 1. The molecule has 2 rings (SSSR count). The predicted octanol–water partition coefficient (Wildman–Crippen LogP) is 2.77. The summed E-state index contributed by atoms with van der Waals surface area (Å²) in [5.74, 6) is 0.699. The molecule has 2 N–H and O–H groups in total. The molecule has 1 aliphatic rings. The zero-order valence-electron chi connectivity index (χ0n) is 17.0. The van der Waals surface area contributed by atoms with E-state index in [9.17, 15) is 13.6 Å². The number of unbranched alkanes of at least 4 members (excludes halogenated alkanes) is 1. The van der Waals surface area contributed by atoms with Crippen molar-refractivity contribution in [3.05, 3.63) is 24.3 Å². The first kappa shape index (κ1) is 22.7. The summed E-state index contributed by atoms with van der Waals surface area (Å²) in [6.07, 6.45) is 2.78. The summed E-state index contributed by atoms with van der Waals surface area (Å²) in [6.45, 7) is 1.88. The number of para-hydroxylation sites is 2. The minimum atomic E-state index is -2.85. The summed E-state index contributed by atoms with van der Waals surface area (Å²) in [6, 6.07) is 6.99. The van der Waals surface area contributed by atoms with Crippen LogP contribution in [-0.4, -0.2) is 57.9 Å². The van der Waals surface area contributed by atoms with Crippen molar-refractivity contribution in [1.29, 1.82) is 0 Å². The molecule has 0 saturated carbocycles. The highest BCUT2D eigenvalue weighted by molar-refractivity contribution is 5.80. The number of methoxy groups -OCH3 is 1. The molecular formula is C20H30F2N4O3. The second-order valence-electron chi connectivity index (χ2n) is 6.72. The maximum atomic E-state index is 12.7. The lowest BCUT2D eigenvalue weighted by Gasteiger charge is -2.22. The topological polar surface area (TPSA) is 75.2 Å². The zero-order valence-corrected chi connectivity index (χ0v) is 17.0. The Labute approximate surface area is 170 Å². The van der Waals surface area contributed by atoms with Crippen molar-refractivity contribution in [3.63, 3.8) is 0 Å². The summed E-state index contributed by atoms with van der Waals surface area (Å²) < 4.78 is 34.6. The summed E-state index contributed by atoms with van der Waals surface area (Å²) >= 11 is 0. The monoisotopic (exact) mass is 412 g/mol. The van der Waals surface area contributed by atoms with Crippen LogP contribution in [0, 0.1) is 0 Å². The van der Waals surface area contributed by atoms with Gasteiger partial charge in [0.25, 0.3) is 0 Å². The van der Waals surface area contributed by atoms with Gasteiger partial charge in [-0.15, -0.1) is 0 Å². The number of ether oxygens (including phenoxy) is 2. The lowest BCUT2D eigenvalue weighted by atomic mass is 10.2. The molecule has 0 bridgehead atoms. The molecule has 1 aromatic carbocycles. The standard InChI is InChI=1S/C20H30F2N4O3/c1-3-23-20(24-12-7-6-10-18(27)28-2)25-15-11-13-26(14-15)16-8-4-5-9-17(16)29-19(21)22/h4-5,8-9,15,19H,3,6-7,10-14H2,1-2H3,(H2,23,24,25). The first-order valence-electron chi connectivity index (χ1n) is 9.94. The molecule has 1 unspecified atom stereocenters. The fraction of sp³-hybridized carbons (Fsp3) is 0.600. The summed E-state index contributed by atoms with van der Waals surface area (Å²) in [5.41, 5.74) is 0.668. The molecule has 29 heavy (non-hydrogen) atoms. The predicted molar refractivity (Wildman–Crippen MR) is 109 cm³/mol. The highest BCUT2D eigenvalue weighted by Gasteiger charge is 2.26. The molecule has 0 spiro atoms. The van der Waals surface area contributed by atoms with Crippen molar-refractivity contribution >= 4 is 17.6 Å². The average Bonchev–Trinajstić information content (AvgIpc) is 3.15. The van der Waals surface area contributed by atoms with Crippen molar-refractivity contribution in [1.82, 2.24) is 10.6 Å². The number of hydrogen-bond donors (Lipinski definition) is 2. The van der Waals surface area contributed by atoms with Gasteiger partial charge in [0.05, 0.1) is 12.8 Å². The van der Waals surface area contributed by atoms with Crippen molar-refractivity contribution in [2.24, 2.45) is 4.99 Å². The minimum Gasteiger partial charge on any atom is -0.469 e. The fourth-order valence-corrected chi connectivity index (χ4v) is 3.20. The largest absolute Gasteiger partial charge is 0.469 e. The van der Waals surface area contributed by atoms with Crippen LogP contribution in [0.25, 0.3) is 0 Å². The normalized spacial score (nSPS) is 16.8. The molecule has 0 aromatic heterocycles. The molecule has 9 heteroatoms. The molecule has 7 nitrogen and oxygen atoms in total. The van der Waals surface area contributed by atoms with E-state index >= 15 is 0 Å². The van der Waals surface area contributed by atoms with Crippen LogP contribution >= 0.6 is 0 Å². The molecule has 1 fully saturated rings. The third-order valence-electron chi connectivity index (χ3n) is 4.58. The van der Waals surface area contributed by atoms with Crippen molar-refractivity contribution in [3.8, 4) is 5.75 Å². The highest BCUT2D eigenvalue weighted by atomic mass is 19.3. The number of rotatable bonds is 10. The van der Waals surface area contributed by atoms with Crippen molar-refractivity contribution in [2.45, 2.75) is 45.3 Å². The van der Waals surface area contributed by atoms with E-state index in [1.165, 1.54) is 7.11 Å². The number of aliphatic imine (C=N–C) groups is 1. The summed E-state index contributed by atoms with van der Waals surface area (Å²) in [4.78, 5) is 17.7. The third kappa shape index (κ3) is 7.75. The van der Waals surface area contributed by atoms with Gasteiger partial charge in [0, 0.05) is 38.6 Å². The van der Waals surface area contributed by atoms with Crippen LogP contribution in [-0.2, 0) is 9.53 Å². The molecule has 1 aliphatic heterocycles. The van der Waals surface area contributed by atoms with E-state index in [0.29, 0.717) is 25.2 Å². The van der Waals surface area contributed by atoms with Gasteiger partial charge >= 0.3 is 12.6 Å². The second-order valence-corrected chi connectivity index (χ2v) is 6.72. The van der Waals surface area contributed by atoms with Crippen LogP contribution < -0.4 is 20.3 Å². The molecule has 1 aromatic rings. The summed E-state index contributed by atoms with van der Waals surface area (Å²) in [5, 5.41) is 6.62. The Bertz CT molecular complexity index is 673. The number of hydrogen-bond acceptors (Lipinski definition) is 5. The molecule has 0 radical (unpaired) electrons. The third-order valence-corrected chi connectivity index (χ3v) is 4.58. The summed E-state index contributed by atoms with van der Waals surface area (Å²) in [7, 11) is 1.39. The number of alkyl halides is 2. The number of halogens is 2. The Kier molecular flexibility index (Phi) is 9.46. The number of benzene rings is 1. The highest BCUT2D eigenvalue weighted by Crippen LogP contribution is 2.31.